The van der Waals surface area contributed by atoms with Gasteiger partial charge in [-0.05, 0) is 29.8 Å². The van der Waals surface area contributed by atoms with Crippen molar-refractivity contribution in [1.82, 2.24) is 4.98 Å². The highest BCUT2D eigenvalue weighted by Crippen LogP contribution is 2.15. The molecule has 1 heterocycles. The van der Waals surface area contributed by atoms with Gasteiger partial charge in [-0.15, -0.1) is 0 Å². The second kappa shape index (κ2) is 6.06. The number of hydrogen-bond acceptors (Lipinski definition) is 5. The maximum atomic E-state index is 11.5. The van der Waals surface area contributed by atoms with Crippen molar-refractivity contribution in [3.8, 4) is 0 Å². The Bertz CT molecular complexity index is 596. The average Bonchev–Trinajstić information content (AvgIpc) is 2.49. The predicted molar refractivity (Wildman–Crippen MR) is 78.5 cm³/mol. The number of pyridine rings is 1. The van der Waals surface area contributed by atoms with E-state index in [0.717, 1.165) is 11.3 Å². The molecule has 1 aromatic carbocycles. The topological polar surface area (TPSA) is 68.5 Å². The number of anilines is 2. The molecule has 104 valence electrons. The summed E-state index contributed by atoms with van der Waals surface area (Å²) in [7, 11) is 3.28. The van der Waals surface area contributed by atoms with Gasteiger partial charge < -0.3 is 15.4 Å². The first-order valence-electron chi connectivity index (χ1n) is 6.20. The molecule has 0 amide bonds. The summed E-state index contributed by atoms with van der Waals surface area (Å²) in [5.74, 6) is 0.347. The normalized spacial score (nSPS) is 10.1. The molecule has 0 atom stereocenters. The third-order valence-electron chi connectivity index (χ3n) is 2.96. The Morgan fingerprint density at radius 3 is 2.65 bits per heavy atom. The number of methoxy groups -OCH3 is 1. The molecular weight excluding hydrogens is 254 g/mol. The lowest BCUT2D eigenvalue weighted by atomic mass is 10.2. The van der Waals surface area contributed by atoms with Crippen LogP contribution in [0.2, 0.25) is 0 Å². The molecule has 0 fully saturated rings. The lowest BCUT2D eigenvalue weighted by molar-refractivity contribution is 0.0600. The molecule has 20 heavy (non-hydrogen) atoms. The quantitative estimate of drug-likeness (QED) is 0.681. The van der Waals surface area contributed by atoms with Crippen LogP contribution in [0.1, 0.15) is 15.9 Å². The van der Waals surface area contributed by atoms with Gasteiger partial charge in [0.2, 0.25) is 0 Å². The van der Waals surface area contributed by atoms with Gasteiger partial charge in [-0.2, -0.15) is 0 Å². The minimum absolute atomic E-state index is 0.366. The monoisotopic (exact) mass is 271 g/mol. The van der Waals surface area contributed by atoms with Crippen molar-refractivity contribution in [1.29, 1.82) is 0 Å². The third kappa shape index (κ3) is 3.26. The highest BCUT2D eigenvalue weighted by molar-refractivity contribution is 5.90. The molecule has 0 radical (unpaired) electrons. The summed E-state index contributed by atoms with van der Waals surface area (Å²) < 4.78 is 4.70. The maximum Gasteiger partial charge on any atom is 0.338 e. The Hall–Kier alpha value is -2.56. The van der Waals surface area contributed by atoms with E-state index in [1.54, 1.807) is 18.3 Å². The van der Waals surface area contributed by atoms with E-state index in [4.69, 9.17) is 10.5 Å². The molecule has 0 aliphatic heterocycles. The van der Waals surface area contributed by atoms with E-state index in [1.807, 2.05) is 36.2 Å². The number of carbonyl (C=O) groups is 1. The molecule has 0 unspecified atom stereocenters. The van der Waals surface area contributed by atoms with Gasteiger partial charge in [-0.25, -0.2) is 9.78 Å². The van der Waals surface area contributed by atoms with Crippen molar-refractivity contribution in [3.05, 3.63) is 53.7 Å². The number of esters is 1. The average molecular weight is 271 g/mol. The van der Waals surface area contributed by atoms with Gasteiger partial charge in [0.1, 0.15) is 5.82 Å². The molecule has 0 aliphatic rings. The summed E-state index contributed by atoms with van der Waals surface area (Å²) in [6, 6.07) is 11.0. The third-order valence-corrected chi connectivity index (χ3v) is 2.96. The first kappa shape index (κ1) is 13.9. The fourth-order valence-electron chi connectivity index (χ4n) is 1.85. The predicted octanol–water partition coefficient (Wildman–Crippen LogP) is 2.09. The number of hydrogen-bond donors (Lipinski definition) is 1. The van der Waals surface area contributed by atoms with Gasteiger partial charge in [0.05, 0.1) is 12.7 Å². The summed E-state index contributed by atoms with van der Waals surface area (Å²) >= 11 is 0. The molecule has 0 bridgehead atoms. The summed E-state index contributed by atoms with van der Waals surface area (Å²) in [4.78, 5) is 17.7. The SMILES string of the molecule is COC(=O)c1ccnc(N(C)Cc2ccc(N)cc2)c1. The van der Waals surface area contributed by atoms with Crippen molar-refractivity contribution < 1.29 is 9.53 Å². The minimum atomic E-state index is -0.366. The number of carbonyl (C=O) groups excluding carboxylic acids is 1. The largest absolute Gasteiger partial charge is 0.465 e. The van der Waals surface area contributed by atoms with E-state index in [-0.39, 0.29) is 5.97 Å². The maximum absolute atomic E-state index is 11.5. The summed E-state index contributed by atoms with van der Waals surface area (Å²) in [5, 5.41) is 0. The van der Waals surface area contributed by atoms with Crippen LogP contribution in [0.3, 0.4) is 0 Å². The van der Waals surface area contributed by atoms with Crippen molar-refractivity contribution in [2.24, 2.45) is 0 Å². The number of nitrogens with two attached hydrogens (primary N) is 1. The molecule has 5 heteroatoms. The fraction of sp³-hybridized carbons (Fsp3) is 0.200. The molecule has 5 nitrogen and oxygen atoms in total. The highest BCUT2D eigenvalue weighted by Gasteiger charge is 2.09. The van der Waals surface area contributed by atoms with Gasteiger partial charge in [-0.3, -0.25) is 0 Å². The number of nitrogens with zero attached hydrogens (tertiary/aromatic N) is 2. The minimum Gasteiger partial charge on any atom is -0.465 e. The van der Waals surface area contributed by atoms with E-state index in [1.165, 1.54) is 7.11 Å². The first-order chi connectivity index (χ1) is 9.60. The zero-order valence-electron chi connectivity index (χ0n) is 11.5. The van der Waals surface area contributed by atoms with Crippen LogP contribution < -0.4 is 10.6 Å². The molecular formula is C15H17N3O2. The van der Waals surface area contributed by atoms with Gasteiger partial charge >= 0.3 is 5.97 Å². The van der Waals surface area contributed by atoms with Crippen LogP contribution in [0.25, 0.3) is 0 Å². The number of aromatic nitrogens is 1. The van der Waals surface area contributed by atoms with Crippen molar-refractivity contribution in [2.75, 3.05) is 24.8 Å². The van der Waals surface area contributed by atoms with Crippen LogP contribution >= 0.6 is 0 Å². The Morgan fingerprint density at radius 2 is 2.00 bits per heavy atom. The molecule has 2 N–H and O–H groups in total. The zero-order valence-corrected chi connectivity index (χ0v) is 11.5. The Kier molecular flexibility index (Phi) is 4.20. The van der Waals surface area contributed by atoms with Crippen molar-refractivity contribution in [2.45, 2.75) is 6.54 Å². The fourth-order valence-corrected chi connectivity index (χ4v) is 1.85. The zero-order chi connectivity index (χ0) is 14.5. The Labute approximate surface area is 118 Å². The van der Waals surface area contributed by atoms with Gasteiger partial charge in [-0.1, -0.05) is 12.1 Å². The van der Waals surface area contributed by atoms with Gasteiger partial charge in [0, 0.05) is 25.5 Å². The molecule has 0 spiro atoms. The summed E-state index contributed by atoms with van der Waals surface area (Å²) in [6.45, 7) is 0.678. The van der Waals surface area contributed by atoms with Gasteiger partial charge in [0.25, 0.3) is 0 Å². The Morgan fingerprint density at radius 1 is 1.30 bits per heavy atom. The number of ether oxygens (including phenoxy) is 1. The van der Waals surface area contributed by atoms with E-state index < -0.39 is 0 Å². The van der Waals surface area contributed by atoms with Crippen molar-refractivity contribution >= 4 is 17.5 Å². The first-order valence-corrected chi connectivity index (χ1v) is 6.20. The van der Waals surface area contributed by atoms with Gasteiger partial charge in [0.15, 0.2) is 0 Å². The summed E-state index contributed by atoms with van der Waals surface area (Å²) in [6.07, 6.45) is 1.60. The van der Waals surface area contributed by atoms with Crippen LogP contribution in [0.4, 0.5) is 11.5 Å². The molecule has 2 rings (SSSR count). The van der Waals surface area contributed by atoms with Crippen LogP contribution in [0.5, 0.6) is 0 Å². The smallest absolute Gasteiger partial charge is 0.338 e. The molecule has 1 aromatic heterocycles. The van der Waals surface area contributed by atoms with Crippen LogP contribution in [-0.2, 0) is 11.3 Å². The lowest BCUT2D eigenvalue weighted by Crippen LogP contribution is -2.18. The molecule has 0 saturated heterocycles. The van der Waals surface area contributed by atoms with E-state index in [2.05, 4.69) is 4.98 Å². The van der Waals surface area contributed by atoms with E-state index >= 15 is 0 Å². The van der Waals surface area contributed by atoms with Crippen molar-refractivity contribution in [3.63, 3.8) is 0 Å². The molecule has 0 aliphatic carbocycles. The lowest BCUT2D eigenvalue weighted by Gasteiger charge is -2.18. The standard InChI is InChI=1S/C15H17N3O2/c1-18(10-11-3-5-13(16)6-4-11)14-9-12(7-8-17-14)15(19)20-2/h3-9H,10,16H2,1-2H3. The number of nitrogen functional groups attached to an aromatic ring is 1. The number of benzene rings is 1. The van der Waals surface area contributed by atoms with Crippen LogP contribution in [0.15, 0.2) is 42.6 Å². The van der Waals surface area contributed by atoms with E-state index in [0.29, 0.717) is 17.9 Å². The second-order valence-electron chi connectivity index (χ2n) is 4.49. The molecule has 2 aromatic rings. The van der Waals surface area contributed by atoms with E-state index in [9.17, 15) is 4.79 Å². The second-order valence-corrected chi connectivity index (χ2v) is 4.49. The molecule has 0 saturated carbocycles. The highest BCUT2D eigenvalue weighted by atomic mass is 16.5. The van der Waals surface area contributed by atoms with Crippen LogP contribution in [0, 0.1) is 0 Å². The Balaban J connectivity index is 2.14. The van der Waals surface area contributed by atoms with Crippen LogP contribution in [-0.4, -0.2) is 25.1 Å². The summed E-state index contributed by atoms with van der Waals surface area (Å²) in [5.41, 5.74) is 8.00. The number of rotatable bonds is 4.